The summed E-state index contributed by atoms with van der Waals surface area (Å²) in [7, 11) is 0. The van der Waals surface area contributed by atoms with Crippen molar-refractivity contribution in [2.24, 2.45) is 0 Å². The number of ether oxygens (including phenoxy) is 1. The van der Waals surface area contributed by atoms with Crippen molar-refractivity contribution in [1.82, 2.24) is 4.98 Å². The van der Waals surface area contributed by atoms with Crippen LogP contribution in [0.5, 0.6) is 0 Å². The Labute approximate surface area is 112 Å². The summed E-state index contributed by atoms with van der Waals surface area (Å²) < 4.78 is 5.22. The molecule has 1 aromatic rings. The second-order valence-corrected chi connectivity index (χ2v) is 4.42. The molecule has 0 saturated heterocycles. The van der Waals surface area contributed by atoms with Crippen molar-refractivity contribution >= 4 is 11.9 Å². The third-order valence-corrected chi connectivity index (χ3v) is 2.70. The number of carbonyl (C=O) groups is 2. The van der Waals surface area contributed by atoms with Gasteiger partial charge in [-0.1, -0.05) is 25.8 Å². The first-order chi connectivity index (χ1) is 9.04. The Morgan fingerprint density at radius 1 is 1.32 bits per heavy atom. The highest BCUT2D eigenvalue weighted by Gasteiger charge is 2.15. The van der Waals surface area contributed by atoms with Gasteiger partial charge >= 0.3 is 11.9 Å². The molecule has 1 atom stereocenters. The summed E-state index contributed by atoms with van der Waals surface area (Å²) >= 11 is 0. The molecule has 0 radical (unpaired) electrons. The molecule has 0 bridgehead atoms. The summed E-state index contributed by atoms with van der Waals surface area (Å²) in [5.41, 5.74) is -0.129. The average molecular weight is 265 g/mol. The minimum absolute atomic E-state index is 0.0299. The number of hydrogen-bond acceptors (Lipinski definition) is 4. The molecule has 1 aromatic heterocycles. The van der Waals surface area contributed by atoms with Crippen LogP contribution < -0.4 is 0 Å². The smallest absolute Gasteiger partial charge is 0.357 e. The van der Waals surface area contributed by atoms with Crippen LogP contribution in [0.2, 0.25) is 0 Å². The van der Waals surface area contributed by atoms with E-state index in [9.17, 15) is 9.59 Å². The fraction of sp³-hybridized carbons (Fsp3) is 0.500. The van der Waals surface area contributed by atoms with Crippen LogP contribution in [-0.2, 0) is 4.74 Å². The Morgan fingerprint density at radius 2 is 2.00 bits per heavy atom. The molecular formula is C14H19NO4. The molecule has 104 valence electrons. The lowest BCUT2D eigenvalue weighted by atomic mass is 10.1. The lowest BCUT2D eigenvalue weighted by molar-refractivity contribution is 0.0312. The number of unbranched alkanes of at least 4 members (excludes halogenated alkanes) is 2. The van der Waals surface area contributed by atoms with E-state index < -0.39 is 11.9 Å². The zero-order chi connectivity index (χ0) is 14.3. The van der Waals surface area contributed by atoms with Crippen LogP contribution in [-0.4, -0.2) is 28.1 Å². The topological polar surface area (TPSA) is 76.5 Å². The van der Waals surface area contributed by atoms with Gasteiger partial charge in [0.25, 0.3) is 0 Å². The molecule has 1 heterocycles. The lowest BCUT2D eigenvalue weighted by Gasteiger charge is -2.12. The van der Waals surface area contributed by atoms with Crippen molar-refractivity contribution in [3.8, 4) is 0 Å². The van der Waals surface area contributed by atoms with Crippen LogP contribution in [0.3, 0.4) is 0 Å². The van der Waals surface area contributed by atoms with E-state index in [4.69, 9.17) is 9.84 Å². The van der Waals surface area contributed by atoms with Crippen LogP contribution >= 0.6 is 0 Å². The van der Waals surface area contributed by atoms with Gasteiger partial charge in [0.2, 0.25) is 0 Å². The van der Waals surface area contributed by atoms with Gasteiger partial charge in [0.05, 0.1) is 6.10 Å². The number of pyridine rings is 1. The van der Waals surface area contributed by atoms with Crippen molar-refractivity contribution in [2.75, 3.05) is 0 Å². The van der Waals surface area contributed by atoms with E-state index in [1.807, 2.05) is 6.92 Å². The van der Waals surface area contributed by atoms with Crippen molar-refractivity contribution in [3.05, 3.63) is 29.6 Å². The molecule has 0 aliphatic carbocycles. The first-order valence-electron chi connectivity index (χ1n) is 6.46. The number of aromatic nitrogens is 1. The largest absolute Gasteiger partial charge is 0.477 e. The quantitative estimate of drug-likeness (QED) is 0.606. The first kappa shape index (κ1) is 15.1. The second-order valence-electron chi connectivity index (χ2n) is 4.42. The fourth-order valence-electron chi connectivity index (χ4n) is 1.65. The second kappa shape index (κ2) is 7.51. The van der Waals surface area contributed by atoms with Gasteiger partial charge in [0.1, 0.15) is 11.4 Å². The molecule has 0 saturated carbocycles. The molecule has 0 amide bonds. The molecule has 5 heteroatoms. The third kappa shape index (κ3) is 5.07. The van der Waals surface area contributed by atoms with Gasteiger partial charge in [-0.2, -0.15) is 0 Å². The summed E-state index contributed by atoms with van der Waals surface area (Å²) in [5.74, 6) is -1.74. The predicted octanol–water partition coefficient (Wildman–Crippen LogP) is 2.91. The molecule has 1 unspecified atom stereocenters. The highest BCUT2D eigenvalue weighted by Crippen LogP contribution is 2.09. The van der Waals surface area contributed by atoms with Gasteiger partial charge in [-0.15, -0.1) is 0 Å². The van der Waals surface area contributed by atoms with Gasteiger partial charge in [-0.3, -0.25) is 0 Å². The first-order valence-corrected chi connectivity index (χ1v) is 6.46. The van der Waals surface area contributed by atoms with Crippen molar-refractivity contribution < 1.29 is 19.4 Å². The predicted molar refractivity (Wildman–Crippen MR) is 70.2 cm³/mol. The van der Waals surface area contributed by atoms with E-state index >= 15 is 0 Å². The van der Waals surface area contributed by atoms with Crippen LogP contribution in [0.4, 0.5) is 0 Å². The molecule has 0 aliphatic heterocycles. The molecule has 0 aromatic carbocycles. The van der Waals surface area contributed by atoms with Gasteiger partial charge < -0.3 is 9.84 Å². The summed E-state index contributed by atoms with van der Waals surface area (Å²) in [6, 6.07) is 4.27. The van der Waals surface area contributed by atoms with E-state index in [1.165, 1.54) is 18.2 Å². The summed E-state index contributed by atoms with van der Waals surface area (Å²) in [4.78, 5) is 26.3. The average Bonchev–Trinajstić information content (AvgIpc) is 2.39. The van der Waals surface area contributed by atoms with E-state index in [0.29, 0.717) is 0 Å². The van der Waals surface area contributed by atoms with Crippen molar-refractivity contribution in [1.29, 1.82) is 0 Å². The fourth-order valence-corrected chi connectivity index (χ4v) is 1.65. The maximum atomic E-state index is 11.8. The Morgan fingerprint density at radius 3 is 2.63 bits per heavy atom. The minimum Gasteiger partial charge on any atom is -0.477 e. The lowest BCUT2D eigenvalue weighted by Crippen LogP contribution is -2.17. The highest BCUT2D eigenvalue weighted by atomic mass is 16.5. The summed E-state index contributed by atoms with van der Waals surface area (Å²) in [6.07, 6.45) is 3.85. The number of nitrogens with zero attached hydrogens (tertiary/aromatic N) is 1. The van der Waals surface area contributed by atoms with E-state index in [2.05, 4.69) is 11.9 Å². The molecule has 1 rings (SSSR count). The zero-order valence-corrected chi connectivity index (χ0v) is 11.3. The Balaban J connectivity index is 2.57. The SMILES string of the molecule is CCCCCC(C)OC(=O)c1cccc(C(=O)O)n1. The minimum atomic E-state index is -1.16. The zero-order valence-electron chi connectivity index (χ0n) is 11.3. The number of rotatable bonds is 7. The monoisotopic (exact) mass is 265 g/mol. The van der Waals surface area contributed by atoms with Crippen LogP contribution in [0, 0.1) is 0 Å². The van der Waals surface area contributed by atoms with Crippen LogP contribution in [0.1, 0.15) is 60.5 Å². The Kier molecular flexibility index (Phi) is 5.99. The standard InChI is InChI=1S/C14H19NO4/c1-3-4-5-7-10(2)19-14(18)12-9-6-8-11(15-12)13(16)17/h6,8-10H,3-5,7H2,1-2H3,(H,16,17). The van der Waals surface area contributed by atoms with Gasteiger partial charge in [0.15, 0.2) is 0 Å². The Hall–Kier alpha value is -1.91. The van der Waals surface area contributed by atoms with Crippen LogP contribution in [0.15, 0.2) is 18.2 Å². The number of carboxylic acid groups (broad SMARTS) is 1. The molecule has 0 aliphatic rings. The molecule has 0 spiro atoms. The van der Waals surface area contributed by atoms with E-state index in [0.717, 1.165) is 25.7 Å². The van der Waals surface area contributed by atoms with Crippen molar-refractivity contribution in [3.63, 3.8) is 0 Å². The van der Waals surface area contributed by atoms with E-state index in [1.54, 1.807) is 0 Å². The van der Waals surface area contributed by atoms with Gasteiger partial charge in [-0.25, -0.2) is 14.6 Å². The number of hydrogen-bond donors (Lipinski definition) is 1. The number of aromatic carboxylic acids is 1. The molecule has 5 nitrogen and oxygen atoms in total. The van der Waals surface area contributed by atoms with E-state index in [-0.39, 0.29) is 17.5 Å². The molecule has 19 heavy (non-hydrogen) atoms. The maximum Gasteiger partial charge on any atom is 0.357 e. The third-order valence-electron chi connectivity index (χ3n) is 2.70. The number of esters is 1. The number of carboxylic acids is 1. The van der Waals surface area contributed by atoms with Crippen LogP contribution in [0.25, 0.3) is 0 Å². The summed E-state index contributed by atoms with van der Waals surface area (Å²) in [6.45, 7) is 3.94. The highest BCUT2D eigenvalue weighted by molar-refractivity contribution is 5.90. The van der Waals surface area contributed by atoms with Crippen molar-refractivity contribution in [2.45, 2.75) is 45.6 Å². The number of carbonyl (C=O) groups excluding carboxylic acids is 1. The van der Waals surface area contributed by atoms with Gasteiger partial charge in [-0.05, 0) is 31.9 Å². The molecule has 0 fully saturated rings. The maximum absolute atomic E-state index is 11.8. The molecule has 1 N–H and O–H groups in total. The normalized spacial score (nSPS) is 11.9. The van der Waals surface area contributed by atoms with Gasteiger partial charge in [0, 0.05) is 0 Å². The summed E-state index contributed by atoms with van der Waals surface area (Å²) in [5, 5.41) is 8.80. The Bertz CT molecular complexity index is 445. The molecular weight excluding hydrogens is 246 g/mol.